The number of hydrogen-bond donors (Lipinski definition) is 1. The van der Waals surface area contributed by atoms with Crippen LogP contribution in [0.4, 0.5) is 22.7 Å². The Labute approximate surface area is 182 Å². The van der Waals surface area contributed by atoms with Crippen LogP contribution in [0.25, 0.3) is 10.8 Å². The molecule has 0 fully saturated rings. The molecule has 1 N–H and O–H groups in total. The molecular weight excluding hydrogens is 430 g/mol. The summed E-state index contributed by atoms with van der Waals surface area (Å²) in [6.07, 6.45) is 0. The smallest absolute Gasteiger partial charge is 0.316 e. The van der Waals surface area contributed by atoms with E-state index in [1.165, 1.54) is 24.3 Å². The van der Waals surface area contributed by atoms with Gasteiger partial charge >= 0.3 is 10.0 Å². The van der Waals surface area contributed by atoms with Crippen molar-refractivity contribution < 1.29 is 13.5 Å². The summed E-state index contributed by atoms with van der Waals surface area (Å²) in [6, 6.07) is 23.0. The molecule has 0 aliphatic rings. The largest absolute Gasteiger partial charge is 0.506 e. The van der Waals surface area contributed by atoms with Crippen LogP contribution in [-0.4, -0.2) is 13.5 Å². The third-order valence-electron chi connectivity index (χ3n) is 4.51. The lowest BCUT2D eigenvalue weighted by atomic mass is 10.1. The van der Waals surface area contributed by atoms with Crippen LogP contribution in [-0.2, 0) is 10.0 Å². The van der Waals surface area contributed by atoms with E-state index < -0.39 is 10.0 Å². The molecule has 0 saturated carbocycles. The highest BCUT2D eigenvalue weighted by Crippen LogP contribution is 2.36. The highest BCUT2D eigenvalue weighted by atomic mass is 32.2. The van der Waals surface area contributed by atoms with Crippen molar-refractivity contribution in [3.8, 4) is 5.75 Å². The van der Waals surface area contributed by atoms with Crippen molar-refractivity contribution in [1.29, 1.82) is 0 Å². The number of benzene rings is 4. The second kappa shape index (κ2) is 8.82. The van der Waals surface area contributed by atoms with Crippen molar-refractivity contribution in [3.05, 3.63) is 89.8 Å². The van der Waals surface area contributed by atoms with Gasteiger partial charge in [-0.05, 0) is 60.0 Å². The minimum absolute atomic E-state index is 0.0422. The van der Waals surface area contributed by atoms with Gasteiger partial charge in [-0.1, -0.05) is 30.3 Å². The highest BCUT2D eigenvalue weighted by molar-refractivity contribution is 7.90. The van der Waals surface area contributed by atoms with Gasteiger partial charge in [-0.15, -0.1) is 10.0 Å². The van der Waals surface area contributed by atoms with Crippen LogP contribution in [0.2, 0.25) is 0 Å². The van der Waals surface area contributed by atoms with E-state index in [4.69, 9.17) is 0 Å². The number of aromatic hydroxyl groups is 1. The van der Waals surface area contributed by atoms with Gasteiger partial charge in [0.2, 0.25) is 0 Å². The van der Waals surface area contributed by atoms with E-state index in [0.717, 1.165) is 10.8 Å². The van der Waals surface area contributed by atoms with Gasteiger partial charge in [0.15, 0.2) is 0 Å². The molecule has 0 aliphatic carbocycles. The minimum Gasteiger partial charge on any atom is -0.506 e. The molecule has 4 aromatic rings. The van der Waals surface area contributed by atoms with Crippen molar-refractivity contribution in [2.45, 2.75) is 4.90 Å². The summed E-state index contributed by atoms with van der Waals surface area (Å²) >= 11 is 0. The molecule has 0 unspecified atom stereocenters. The quantitative estimate of drug-likeness (QED) is 0.257. The van der Waals surface area contributed by atoms with Gasteiger partial charge < -0.3 is 5.11 Å². The Morgan fingerprint density at radius 2 is 1.16 bits per heavy atom. The standard InChI is InChI=1S/C22H15N5O4S/c28-21-14-5-15-3-1-2-4-20(15)22(21)26-25-17-8-6-16(7-9-17)23-24-18-10-12-19(13-11-18)32(30,31)27-29/h1-14,28H. The molecule has 0 bridgehead atoms. The predicted molar refractivity (Wildman–Crippen MR) is 120 cm³/mol. The van der Waals surface area contributed by atoms with E-state index in [0.29, 0.717) is 22.7 Å². The lowest BCUT2D eigenvalue weighted by Gasteiger charge is -2.03. The molecule has 0 amide bonds. The van der Waals surface area contributed by atoms with Crippen LogP contribution in [0.15, 0.2) is 115 Å². The maximum Gasteiger partial charge on any atom is 0.316 e. The number of phenolic OH excluding ortho intramolecular Hbond substituents is 1. The topological polar surface area (TPSA) is 133 Å². The molecule has 0 heterocycles. The Balaban J connectivity index is 1.49. The molecule has 0 aliphatic heterocycles. The first-order valence-corrected chi connectivity index (χ1v) is 10.7. The van der Waals surface area contributed by atoms with Crippen LogP contribution >= 0.6 is 0 Å². The van der Waals surface area contributed by atoms with E-state index in [1.54, 1.807) is 30.3 Å². The molecule has 9 nitrogen and oxygen atoms in total. The first-order chi connectivity index (χ1) is 15.5. The minimum atomic E-state index is -4.17. The van der Waals surface area contributed by atoms with Crippen LogP contribution in [0.3, 0.4) is 0 Å². The molecule has 0 radical (unpaired) electrons. The van der Waals surface area contributed by atoms with Crippen molar-refractivity contribution in [3.63, 3.8) is 0 Å². The summed E-state index contributed by atoms with van der Waals surface area (Å²) < 4.78 is 24.9. The van der Waals surface area contributed by atoms with Gasteiger partial charge in [0.25, 0.3) is 0 Å². The summed E-state index contributed by atoms with van der Waals surface area (Å²) in [5, 5.41) is 28.4. The second-order valence-electron chi connectivity index (χ2n) is 6.61. The molecule has 32 heavy (non-hydrogen) atoms. The van der Waals surface area contributed by atoms with Crippen molar-refractivity contribution in [2.75, 3.05) is 0 Å². The third-order valence-corrected chi connectivity index (χ3v) is 5.57. The molecular formula is C22H15N5O4S. The maximum atomic E-state index is 11.4. The zero-order chi connectivity index (χ0) is 22.6. The Bertz CT molecular complexity index is 1450. The number of hydrogen-bond acceptors (Lipinski definition) is 8. The van der Waals surface area contributed by atoms with E-state index >= 15 is 0 Å². The van der Waals surface area contributed by atoms with Gasteiger partial charge in [0.05, 0.1) is 26.5 Å². The Kier molecular flexibility index (Phi) is 5.77. The predicted octanol–water partition coefficient (Wildman–Crippen LogP) is 6.83. The third kappa shape index (κ3) is 4.55. The number of nitroso groups, excluding NO2 is 1. The van der Waals surface area contributed by atoms with Crippen LogP contribution in [0, 0.1) is 4.91 Å². The first-order valence-electron chi connectivity index (χ1n) is 9.30. The van der Waals surface area contributed by atoms with Crippen molar-refractivity contribution in [1.82, 2.24) is 0 Å². The van der Waals surface area contributed by atoms with Gasteiger partial charge in [-0.25, -0.2) is 0 Å². The lowest BCUT2D eigenvalue weighted by Crippen LogP contribution is -1.93. The number of sulfonamides is 1. The summed E-state index contributed by atoms with van der Waals surface area (Å²) in [6.45, 7) is 0. The highest BCUT2D eigenvalue weighted by Gasteiger charge is 2.13. The van der Waals surface area contributed by atoms with E-state index in [-0.39, 0.29) is 10.6 Å². The average molecular weight is 445 g/mol. The number of azo groups is 2. The monoisotopic (exact) mass is 445 g/mol. The molecule has 158 valence electrons. The molecule has 0 aromatic heterocycles. The fourth-order valence-corrected chi connectivity index (χ4v) is 3.45. The first kappa shape index (κ1) is 20.9. The zero-order valence-electron chi connectivity index (χ0n) is 16.4. The molecule has 10 heteroatoms. The normalized spacial score (nSPS) is 12.0. The lowest BCUT2D eigenvalue weighted by molar-refractivity contribution is 0.477. The van der Waals surface area contributed by atoms with E-state index in [1.807, 2.05) is 30.3 Å². The fourth-order valence-electron chi connectivity index (χ4n) is 2.89. The molecule has 0 spiro atoms. The number of phenols is 1. The summed E-state index contributed by atoms with van der Waals surface area (Å²) in [7, 11) is -4.17. The van der Waals surface area contributed by atoms with E-state index in [9.17, 15) is 18.4 Å². The average Bonchev–Trinajstić information content (AvgIpc) is 2.83. The van der Waals surface area contributed by atoms with E-state index in [2.05, 4.69) is 25.0 Å². The van der Waals surface area contributed by atoms with Crippen molar-refractivity contribution in [2.24, 2.45) is 25.0 Å². The molecule has 4 aromatic carbocycles. The summed E-state index contributed by atoms with van der Waals surface area (Å²) in [4.78, 5) is 10.1. The summed E-state index contributed by atoms with van der Waals surface area (Å²) in [5.41, 5.74) is 1.91. The zero-order valence-corrected chi connectivity index (χ0v) is 17.2. The molecule has 0 atom stereocenters. The Hall–Kier alpha value is -4.31. The maximum absolute atomic E-state index is 11.4. The second-order valence-corrected chi connectivity index (χ2v) is 8.18. The van der Waals surface area contributed by atoms with Gasteiger partial charge in [0.1, 0.15) is 11.4 Å². The van der Waals surface area contributed by atoms with Gasteiger partial charge in [-0.3, -0.25) is 0 Å². The molecule has 4 rings (SSSR count). The number of fused-ring (bicyclic) bond motifs is 1. The fraction of sp³-hybridized carbons (Fsp3) is 0. The Morgan fingerprint density at radius 3 is 1.75 bits per heavy atom. The van der Waals surface area contributed by atoms with Gasteiger partial charge in [-0.2, -0.15) is 23.8 Å². The Morgan fingerprint density at radius 1 is 0.625 bits per heavy atom. The van der Waals surface area contributed by atoms with Crippen LogP contribution in [0.1, 0.15) is 0 Å². The van der Waals surface area contributed by atoms with Gasteiger partial charge in [0, 0.05) is 5.39 Å². The van der Waals surface area contributed by atoms with Crippen LogP contribution < -0.4 is 0 Å². The molecule has 0 saturated heterocycles. The SMILES string of the molecule is O=NS(=O)(=O)c1ccc(N=Nc2ccc(N=Nc3c(O)ccc4ccccc34)cc2)cc1. The summed E-state index contributed by atoms with van der Waals surface area (Å²) in [5.74, 6) is 0.0422. The van der Waals surface area contributed by atoms with Crippen molar-refractivity contribution >= 4 is 43.5 Å². The van der Waals surface area contributed by atoms with Crippen LogP contribution in [0.5, 0.6) is 5.75 Å². The number of nitrogens with zero attached hydrogens (tertiary/aromatic N) is 5. The number of rotatable bonds is 6.